The van der Waals surface area contributed by atoms with Crippen molar-refractivity contribution < 1.29 is 13.2 Å². The molecule has 0 amide bonds. The van der Waals surface area contributed by atoms with Gasteiger partial charge in [0.25, 0.3) is 0 Å². The van der Waals surface area contributed by atoms with Crippen molar-refractivity contribution in [3.8, 4) is 12.3 Å². The Balaban J connectivity index is 3.23. The lowest BCUT2D eigenvalue weighted by molar-refractivity contribution is -0.136. The van der Waals surface area contributed by atoms with Gasteiger partial charge in [-0.25, -0.2) is 0 Å². The molecule has 0 aliphatic heterocycles. The van der Waals surface area contributed by atoms with Gasteiger partial charge in [0.2, 0.25) is 0 Å². The van der Waals surface area contributed by atoms with Gasteiger partial charge in [0.05, 0.1) is 5.56 Å². The molecule has 0 aromatic heterocycles. The first kappa shape index (κ1) is 9.46. The van der Waals surface area contributed by atoms with Crippen LogP contribution in [0.2, 0.25) is 0 Å². The van der Waals surface area contributed by atoms with E-state index in [9.17, 15) is 13.2 Å². The maximum atomic E-state index is 12.2. The van der Waals surface area contributed by atoms with Crippen LogP contribution in [-0.2, 0) is 6.18 Å². The maximum absolute atomic E-state index is 12.2. The van der Waals surface area contributed by atoms with Crippen LogP contribution in [0.25, 0.3) is 0 Å². The average Bonchev–Trinajstić information content (AvgIpc) is 2.01. The van der Waals surface area contributed by atoms with Crippen molar-refractivity contribution >= 4 is 5.69 Å². The third-order valence-corrected chi connectivity index (χ3v) is 1.52. The molecule has 0 radical (unpaired) electrons. The van der Waals surface area contributed by atoms with E-state index in [4.69, 9.17) is 12.2 Å². The van der Waals surface area contributed by atoms with Gasteiger partial charge < -0.3 is 5.73 Å². The summed E-state index contributed by atoms with van der Waals surface area (Å²) in [7, 11) is 0. The van der Waals surface area contributed by atoms with Crippen molar-refractivity contribution in [3.05, 3.63) is 29.3 Å². The van der Waals surface area contributed by atoms with Crippen molar-refractivity contribution in [2.24, 2.45) is 0 Å². The van der Waals surface area contributed by atoms with Crippen LogP contribution >= 0.6 is 0 Å². The van der Waals surface area contributed by atoms with E-state index in [1.54, 1.807) is 0 Å². The van der Waals surface area contributed by atoms with Crippen molar-refractivity contribution in [3.63, 3.8) is 0 Å². The molecular weight excluding hydrogens is 179 g/mol. The number of anilines is 1. The number of rotatable bonds is 0. The highest BCUT2D eigenvalue weighted by Gasteiger charge is 2.32. The summed E-state index contributed by atoms with van der Waals surface area (Å²) in [5.41, 5.74) is 4.31. The van der Waals surface area contributed by atoms with Gasteiger partial charge in [0, 0.05) is 11.3 Å². The van der Waals surface area contributed by atoms with Gasteiger partial charge in [-0.3, -0.25) is 0 Å². The summed E-state index contributed by atoms with van der Waals surface area (Å²) in [5, 5.41) is 0. The number of nitrogen functional groups attached to an aromatic ring is 1. The minimum absolute atomic E-state index is 0.338. The van der Waals surface area contributed by atoms with E-state index >= 15 is 0 Å². The molecule has 2 N–H and O–H groups in total. The van der Waals surface area contributed by atoms with E-state index in [2.05, 4.69) is 5.92 Å². The van der Waals surface area contributed by atoms with Gasteiger partial charge >= 0.3 is 6.18 Å². The Bertz CT molecular complexity index is 360. The first-order valence-electron chi connectivity index (χ1n) is 3.38. The lowest BCUT2D eigenvalue weighted by Crippen LogP contribution is -2.08. The minimum atomic E-state index is -4.42. The summed E-state index contributed by atoms with van der Waals surface area (Å²) < 4.78 is 36.5. The standard InChI is InChI=1S/C9H6F3N/c1-2-6-3-4-7(8(13)5-6)9(10,11)12/h1,3-5H,13H2. The molecule has 0 aliphatic rings. The van der Waals surface area contributed by atoms with E-state index in [1.165, 1.54) is 6.07 Å². The molecule has 0 heterocycles. The Morgan fingerprint density at radius 2 is 1.92 bits per heavy atom. The van der Waals surface area contributed by atoms with Crippen LogP contribution in [-0.4, -0.2) is 0 Å². The van der Waals surface area contributed by atoms with Gasteiger partial charge in [-0.2, -0.15) is 13.2 Å². The second-order valence-corrected chi connectivity index (χ2v) is 2.44. The fraction of sp³-hybridized carbons (Fsp3) is 0.111. The normalized spacial score (nSPS) is 10.9. The van der Waals surface area contributed by atoms with Crippen LogP contribution in [0, 0.1) is 12.3 Å². The summed E-state index contributed by atoms with van der Waals surface area (Å²) in [6.07, 6.45) is 0.572. The fourth-order valence-corrected chi connectivity index (χ4v) is 0.911. The van der Waals surface area contributed by atoms with Crippen LogP contribution in [0.5, 0.6) is 0 Å². The smallest absolute Gasteiger partial charge is 0.398 e. The SMILES string of the molecule is C#Cc1ccc(C(F)(F)F)c(N)c1. The van der Waals surface area contributed by atoms with Crippen molar-refractivity contribution in [2.75, 3.05) is 5.73 Å². The first-order valence-corrected chi connectivity index (χ1v) is 3.38. The number of nitrogens with two attached hydrogens (primary N) is 1. The maximum Gasteiger partial charge on any atom is 0.418 e. The number of hydrogen-bond acceptors (Lipinski definition) is 1. The van der Waals surface area contributed by atoms with Crippen molar-refractivity contribution in [2.45, 2.75) is 6.18 Å². The summed E-state index contributed by atoms with van der Waals surface area (Å²) >= 11 is 0. The number of benzene rings is 1. The second-order valence-electron chi connectivity index (χ2n) is 2.44. The lowest BCUT2D eigenvalue weighted by Gasteiger charge is -2.09. The molecule has 68 valence electrons. The van der Waals surface area contributed by atoms with Crippen LogP contribution in [0.3, 0.4) is 0 Å². The molecular formula is C9H6F3N. The zero-order chi connectivity index (χ0) is 10.1. The predicted molar refractivity (Wildman–Crippen MR) is 43.8 cm³/mol. The lowest BCUT2D eigenvalue weighted by atomic mass is 10.1. The highest BCUT2D eigenvalue weighted by molar-refractivity contribution is 5.53. The quantitative estimate of drug-likeness (QED) is 0.487. The minimum Gasteiger partial charge on any atom is -0.398 e. The Morgan fingerprint density at radius 1 is 1.31 bits per heavy atom. The molecule has 1 aromatic rings. The third kappa shape index (κ3) is 1.94. The second kappa shape index (κ2) is 3.02. The van der Waals surface area contributed by atoms with Crippen LogP contribution in [0.1, 0.15) is 11.1 Å². The first-order chi connectivity index (χ1) is 5.95. The van der Waals surface area contributed by atoms with E-state index in [0.717, 1.165) is 12.1 Å². The van der Waals surface area contributed by atoms with Crippen molar-refractivity contribution in [1.82, 2.24) is 0 Å². The number of halogens is 3. The summed E-state index contributed by atoms with van der Waals surface area (Å²) in [6, 6.07) is 3.21. The molecule has 0 bridgehead atoms. The molecule has 0 saturated heterocycles. The van der Waals surface area contributed by atoms with Crippen molar-refractivity contribution in [1.29, 1.82) is 0 Å². The highest BCUT2D eigenvalue weighted by Crippen LogP contribution is 2.33. The van der Waals surface area contributed by atoms with Crippen LogP contribution in [0.4, 0.5) is 18.9 Å². The molecule has 0 spiro atoms. The monoisotopic (exact) mass is 185 g/mol. The Morgan fingerprint density at radius 3 is 2.31 bits per heavy atom. The molecule has 1 aromatic carbocycles. The Hall–Kier alpha value is -1.63. The molecule has 0 unspecified atom stereocenters. The fourth-order valence-electron chi connectivity index (χ4n) is 0.911. The van der Waals surface area contributed by atoms with E-state index < -0.39 is 11.7 Å². The van der Waals surface area contributed by atoms with Gasteiger partial charge in [-0.1, -0.05) is 5.92 Å². The predicted octanol–water partition coefficient (Wildman–Crippen LogP) is 2.27. The molecule has 1 rings (SSSR count). The average molecular weight is 185 g/mol. The molecule has 0 aliphatic carbocycles. The molecule has 1 nitrogen and oxygen atoms in total. The van der Waals surface area contributed by atoms with Gasteiger partial charge in [-0.15, -0.1) is 6.42 Å². The Labute approximate surface area is 73.4 Å². The number of terminal acetylenes is 1. The van der Waals surface area contributed by atoms with E-state index in [0.29, 0.717) is 5.56 Å². The summed E-state index contributed by atoms with van der Waals surface area (Å²) in [5.74, 6) is 2.20. The molecule has 13 heavy (non-hydrogen) atoms. The van der Waals surface area contributed by atoms with Gasteiger partial charge in [0.15, 0.2) is 0 Å². The van der Waals surface area contributed by atoms with E-state index in [-0.39, 0.29) is 5.69 Å². The summed E-state index contributed by atoms with van der Waals surface area (Å²) in [4.78, 5) is 0. The topological polar surface area (TPSA) is 26.0 Å². The number of alkyl halides is 3. The van der Waals surface area contributed by atoms with E-state index in [1.807, 2.05) is 0 Å². The Kier molecular flexibility index (Phi) is 2.20. The molecule has 0 saturated carbocycles. The largest absolute Gasteiger partial charge is 0.418 e. The van der Waals surface area contributed by atoms with Crippen LogP contribution in [0.15, 0.2) is 18.2 Å². The van der Waals surface area contributed by atoms with Crippen LogP contribution < -0.4 is 5.73 Å². The molecule has 0 atom stereocenters. The molecule has 4 heteroatoms. The summed E-state index contributed by atoms with van der Waals surface area (Å²) in [6.45, 7) is 0. The van der Waals surface area contributed by atoms with Gasteiger partial charge in [0.1, 0.15) is 0 Å². The highest BCUT2D eigenvalue weighted by atomic mass is 19.4. The third-order valence-electron chi connectivity index (χ3n) is 1.52. The zero-order valence-corrected chi connectivity index (χ0v) is 6.52. The molecule has 0 fully saturated rings. The van der Waals surface area contributed by atoms with Gasteiger partial charge in [-0.05, 0) is 18.2 Å². The number of hydrogen-bond donors (Lipinski definition) is 1. The zero-order valence-electron chi connectivity index (χ0n) is 6.52.